The number of pyridine rings is 1. The van der Waals surface area contributed by atoms with Crippen molar-refractivity contribution in [2.45, 2.75) is 5.41 Å². The van der Waals surface area contributed by atoms with E-state index in [0.29, 0.717) is 0 Å². The molecule has 0 spiro atoms. The normalized spacial score (nSPS) is 12.1. The molecule has 124 heavy (non-hydrogen) atoms. The smallest absolute Gasteiger partial charge is 0.137 e. The number of furan rings is 1. The highest BCUT2D eigenvalue weighted by molar-refractivity contribution is 6.13. The molecule has 0 aliphatic heterocycles. The highest BCUT2D eigenvalue weighted by Crippen LogP contribution is 2.58. The molecule has 0 atom stereocenters. The van der Waals surface area contributed by atoms with Gasteiger partial charge in [0.2, 0.25) is 0 Å². The third-order valence-electron chi connectivity index (χ3n) is 25.1. The van der Waals surface area contributed by atoms with Gasteiger partial charge in [0.1, 0.15) is 11.2 Å². The molecule has 0 amide bonds. The van der Waals surface area contributed by atoms with Gasteiger partial charge in [-0.25, -0.2) is 0 Å². The Labute approximate surface area is 719 Å². The fourth-order valence-corrected chi connectivity index (χ4v) is 19.5. The van der Waals surface area contributed by atoms with E-state index in [2.05, 4.69) is 479 Å². The number of nitrogens with zero attached hydrogens (tertiary/aromatic N) is 5. The van der Waals surface area contributed by atoms with Gasteiger partial charge in [-0.2, -0.15) is 0 Å². The minimum atomic E-state index is -0.446. The second-order valence-corrected chi connectivity index (χ2v) is 32.1. The number of anilines is 6. The first-order valence-corrected chi connectivity index (χ1v) is 42.4. The van der Waals surface area contributed by atoms with E-state index in [4.69, 9.17) is 4.42 Å². The van der Waals surface area contributed by atoms with E-state index >= 15 is 0 Å². The summed E-state index contributed by atoms with van der Waals surface area (Å²) in [7, 11) is 0. The van der Waals surface area contributed by atoms with Crippen LogP contribution < -0.4 is 9.80 Å². The molecule has 6 heteroatoms. The molecule has 19 aromatic carbocycles. The van der Waals surface area contributed by atoms with Crippen LogP contribution in [0.25, 0.3) is 154 Å². The summed E-state index contributed by atoms with van der Waals surface area (Å²) in [4.78, 5) is 9.13. The molecular formula is C118H79N5O. The van der Waals surface area contributed by atoms with Crippen molar-refractivity contribution in [2.24, 2.45) is 0 Å². The Morgan fingerprint density at radius 3 is 1.26 bits per heavy atom. The molecule has 0 saturated carbocycles. The van der Waals surface area contributed by atoms with Gasteiger partial charge in [0.05, 0.1) is 33.2 Å². The Kier molecular flexibility index (Phi) is 18.1. The van der Waals surface area contributed by atoms with Crippen molar-refractivity contribution in [1.29, 1.82) is 0 Å². The Morgan fingerprint density at radius 1 is 0.226 bits per heavy atom. The van der Waals surface area contributed by atoms with Gasteiger partial charge in [-0.15, -0.1) is 0 Å². The maximum Gasteiger partial charge on any atom is 0.137 e. The van der Waals surface area contributed by atoms with E-state index in [9.17, 15) is 0 Å². The summed E-state index contributed by atoms with van der Waals surface area (Å²) < 4.78 is 11.2. The second kappa shape index (κ2) is 30.7. The maximum absolute atomic E-state index is 6.40. The van der Waals surface area contributed by atoms with Gasteiger partial charge in [0, 0.05) is 101 Å². The molecule has 4 heterocycles. The minimum absolute atomic E-state index is 0.446. The molecule has 1 aliphatic rings. The van der Waals surface area contributed by atoms with Crippen molar-refractivity contribution < 1.29 is 4.42 Å². The lowest BCUT2D eigenvalue weighted by molar-refractivity contribution is 0.669. The van der Waals surface area contributed by atoms with Crippen LogP contribution in [0.3, 0.4) is 0 Å². The van der Waals surface area contributed by atoms with Gasteiger partial charge in [-0.3, -0.25) is 4.98 Å². The molecular weight excluding hydrogens is 1500 g/mol. The summed E-state index contributed by atoms with van der Waals surface area (Å²) in [6.45, 7) is 0. The molecule has 0 radical (unpaired) electrons. The average molecular weight is 1580 g/mol. The van der Waals surface area contributed by atoms with Crippen molar-refractivity contribution in [1.82, 2.24) is 14.1 Å². The van der Waals surface area contributed by atoms with Gasteiger partial charge >= 0.3 is 0 Å². The third kappa shape index (κ3) is 12.6. The summed E-state index contributed by atoms with van der Waals surface area (Å²) in [6, 6.07) is 169. The SMILES string of the molecule is c1ccc(-c2ccc(N(c3cccc(-c4cccc(-c5ccc6c7ccccc7n(-c7cccc8cnccc78)c6c5)c4)c3)c3ccc4c(c3)oc3ccccc34)cc2)cc1.c1ccc(N(c2cccc(-c3cccc(-c4ccc5c6ccccc6n(-c6ccccc6)c5c4)c3)c2)c2ccc3c(c2)-c2ccccc2C3(c2ccccc2)c2ccccc2)cc1. The Hall–Kier alpha value is -16.4. The van der Waals surface area contributed by atoms with Crippen LogP contribution in [0.5, 0.6) is 0 Å². The topological polar surface area (TPSA) is 42.4 Å². The highest BCUT2D eigenvalue weighted by Gasteiger charge is 2.46. The van der Waals surface area contributed by atoms with E-state index in [0.717, 1.165) is 101 Å². The highest BCUT2D eigenvalue weighted by atomic mass is 16.3. The van der Waals surface area contributed by atoms with Gasteiger partial charge in [0.25, 0.3) is 0 Å². The quantitative estimate of drug-likeness (QED) is 0.103. The first-order valence-electron chi connectivity index (χ1n) is 42.4. The molecule has 6 nitrogen and oxygen atoms in total. The van der Waals surface area contributed by atoms with Gasteiger partial charge < -0.3 is 23.4 Å². The maximum atomic E-state index is 6.40. The first-order chi connectivity index (χ1) is 61.5. The lowest BCUT2D eigenvalue weighted by Crippen LogP contribution is -2.28. The van der Waals surface area contributed by atoms with Crippen LogP contribution in [0.4, 0.5) is 34.1 Å². The largest absolute Gasteiger partial charge is 0.456 e. The number of hydrogen-bond acceptors (Lipinski definition) is 4. The Morgan fingerprint density at radius 2 is 0.629 bits per heavy atom. The molecule has 0 fully saturated rings. The Balaban J connectivity index is 0.000000143. The van der Waals surface area contributed by atoms with Gasteiger partial charge in [0.15, 0.2) is 0 Å². The van der Waals surface area contributed by atoms with E-state index in [1.54, 1.807) is 0 Å². The number of hydrogen-bond donors (Lipinski definition) is 0. The van der Waals surface area contributed by atoms with Crippen LogP contribution in [0, 0.1) is 0 Å². The van der Waals surface area contributed by atoms with Crippen molar-refractivity contribution in [3.8, 4) is 78.1 Å². The van der Waals surface area contributed by atoms with Crippen molar-refractivity contribution in [3.63, 3.8) is 0 Å². The zero-order valence-electron chi connectivity index (χ0n) is 67.8. The standard InChI is InChI=1S/C61H42N2.C57H37N3O/c1-5-22-47(23-6-1)61(48-24-7-2-8-25-48)57-33-15-13-31-53(57)56-42-52(36-38-58(56)61)62(49-26-9-3-10-27-49)51-30-18-21-45(40-51)43-19-17-20-44(39-43)46-35-37-55-54-32-14-16-34-59(54)63(60(55)41-46)50-28-11-4-12-29-50;1-2-11-38(12-3-1)39-23-26-45(27-24-39)59(47-28-30-52-51-19-5-7-22-56(51)61-57(52)36-47)46-17-9-15-42(34-46)40-13-8-14-41(33-40)43-25-29-50-49-18-4-6-20-54(49)60(55(50)35-43)53-21-10-16-44-37-58-32-31-48(44)53/h1-42H;1-37H. The molecule has 23 aromatic rings. The lowest BCUT2D eigenvalue weighted by atomic mass is 9.68. The van der Waals surface area contributed by atoms with E-state index in [1.807, 2.05) is 24.5 Å². The van der Waals surface area contributed by atoms with Gasteiger partial charge in [-0.1, -0.05) is 322 Å². The number of aromatic nitrogens is 3. The molecule has 0 unspecified atom stereocenters. The van der Waals surface area contributed by atoms with E-state index in [1.165, 1.54) is 110 Å². The molecule has 582 valence electrons. The number of fused-ring (bicyclic) bond motifs is 13. The molecule has 1 aliphatic carbocycles. The molecule has 0 N–H and O–H groups in total. The zero-order valence-corrected chi connectivity index (χ0v) is 67.8. The predicted molar refractivity (Wildman–Crippen MR) is 518 cm³/mol. The fourth-order valence-electron chi connectivity index (χ4n) is 19.5. The average Bonchev–Trinajstić information content (AvgIpc) is 1.53. The van der Waals surface area contributed by atoms with Crippen molar-refractivity contribution >= 4 is 110 Å². The summed E-state index contributed by atoms with van der Waals surface area (Å²) in [5.41, 5.74) is 34.2. The summed E-state index contributed by atoms with van der Waals surface area (Å²) >= 11 is 0. The Bertz CT molecular complexity index is 7940. The summed E-state index contributed by atoms with van der Waals surface area (Å²) in [5.74, 6) is 0. The van der Waals surface area contributed by atoms with Crippen LogP contribution in [-0.4, -0.2) is 14.1 Å². The van der Waals surface area contributed by atoms with Crippen molar-refractivity contribution in [3.05, 3.63) is 502 Å². The molecule has 24 rings (SSSR count). The van der Waals surface area contributed by atoms with Gasteiger partial charge in [-0.05, 0) is 229 Å². The summed E-state index contributed by atoms with van der Waals surface area (Å²) in [6.07, 6.45) is 3.82. The minimum Gasteiger partial charge on any atom is -0.456 e. The third-order valence-corrected chi connectivity index (χ3v) is 25.1. The van der Waals surface area contributed by atoms with Crippen LogP contribution >= 0.6 is 0 Å². The predicted octanol–water partition coefficient (Wildman–Crippen LogP) is 31.7. The first kappa shape index (κ1) is 72.8. The molecule has 0 saturated heterocycles. The number of para-hydroxylation sites is 5. The van der Waals surface area contributed by atoms with E-state index in [-0.39, 0.29) is 0 Å². The monoisotopic (exact) mass is 1580 g/mol. The lowest BCUT2D eigenvalue weighted by Gasteiger charge is -2.34. The van der Waals surface area contributed by atoms with Crippen LogP contribution in [0.2, 0.25) is 0 Å². The second-order valence-electron chi connectivity index (χ2n) is 32.1. The number of rotatable bonds is 15. The molecule has 0 bridgehead atoms. The fraction of sp³-hybridized carbons (Fsp3) is 0.00847. The number of benzene rings is 19. The van der Waals surface area contributed by atoms with E-state index < -0.39 is 5.41 Å². The van der Waals surface area contributed by atoms with Crippen LogP contribution in [-0.2, 0) is 5.41 Å². The van der Waals surface area contributed by atoms with Crippen LogP contribution in [0.15, 0.2) is 484 Å². The molecule has 4 aromatic heterocycles. The zero-order chi connectivity index (χ0) is 82.0. The van der Waals surface area contributed by atoms with Crippen molar-refractivity contribution in [2.75, 3.05) is 9.80 Å². The van der Waals surface area contributed by atoms with Crippen LogP contribution in [0.1, 0.15) is 22.3 Å². The summed E-state index contributed by atoms with van der Waals surface area (Å²) in [5, 5.41) is 9.50.